The van der Waals surface area contributed by atoms with Crippen LogP contribution in [0.5, 0.6) is 0 Å². The van der Waals surface area contributed by atoms with Gasteiger partial charge in [0.25, 0.3) is 0 Å². The molecule has 0 saturated heterocycles. The molecule has 4 nitrogen and oxygen atoms in total. The van der Waals surface area contributed by atoms with Crippen molar-refractivity contribution in [2.45, 2.75) is 0 Å². The van der Waals surface area contributed by atoms with Gasteiger partial charge in [-0.15, -0.1) is 0 Å². The fraction of sp³-hybridized carbons (Fsp3) is 0.0667. The average molecular weight is 330 g/mol. The van der Waals surface area contributed by atoms with Gasteiger partial charge in [0.1, 0.15) is 0 Å². The zero-order valence-corrected chi connectivity index (χ0v) is 12.1. The van der Waals surface area contributed by atoms with Crippen molar-refractivity contribution < 1.29 is 4.79 Å². The molecule has 0 aliphatic heterocycles. The maximum atomic E-state index is 11.8. The van der Waals surface area contributed by atoms with Crippen LogP contribution in [0.1, 0.15) is 5.56 Å². The third kappa shape index (κ3) is 4.11. The number of halogens is 1. The van der Waals surface area contributed by atoms with E-state index in [2.05, 4.69) is 26.6 Å². The van der Waals surface area contributed by atoms with Gasteiger partial charge in [-0.05, 0) is 42.5 Å². The summed E-state index contributed by atoms with van der Waals surface area (Å²) < 4.78 is 0.912. The molecule has 0 heterocycles. The summed E-state index contributed by atoms with van der Waals surface area (Å²) in [6.45, 7) is 0.165. The van der Waals surface area contributed by atoms with Gasteiger partial charge in [-0.1, -0.05) is 22.0 Å². The minimum Gasteiger partial charge on any atom is -0.376 e. The molecule has 0 spiro atoms. The molecular formula is C15H12BrN3O. The Morgan fingerprint density at radius 3 is 2.55 bits per heavy atom. The van der Waals surface area contributed by atoms with E-state index in [9.17, 15) is 4.79 Å². The van der Waals surface area contributed by atoms with Crippen LogP contribution in [-0.2, 0) is 4.79 Å². The summed E-state index contributed by atoms with van der Waals surface area (Å²) in [6.07, 6.45) is 0. The summed E-state index contributed by atoms with van der Waals surface area (Å²) >= 11 is 3.35. The Hall–Kier alpha value is -2.32. The van der Waals surface area contributed by atoms with Crippen molar-refractivity contribution in [2.24, 2.45) is 0 Å². The Kier molecular flexibility index (Phi) is 4.75. The monoisotopic (exact) mass is 329 g/mol. The summed E-state index contributed by atoms with van der Waals surface area (Å²) in [4.78, 5) is 11.8. The highest BCUT2D eigenvalue weighted by atomic mass is 79.9. The second kappa shape index (κ2) is 6.73. The highest BCUT2D eigenvalue weighted by Crippen LogP contribution is 2.15. The maximum Gasteiger partial charge on any atom is 0.243 e. The largest absolute Gasteiger partial charge is 0.376 e. The van der Waals surface area contributed by atoms with Gasteiger partial charge in [-0.3, -0.25) is 4.79 Å². The third-order valence-corrected chi connectivity index (χ3v) is 3.07. The van der Waals surface area contributed by atoms with Gasteiger partial charge in [0.05, 0.1) is 18.2 Å². The van der Waals surface area contributed by atoms with Crippen LogP contribution in [0.15, 0.2) is 53.0 Å². The SMILES string of the molecule is N#Cc1ccc(NCC(=O)Nc2cccc(Br)c2)cc1. The summed E-state index contributed by atoms with van der Waals surface area (Å²) in [6, 6.07) is 16.4. The van der Waals surface area contributed by atoms with E-state index in [1.165, 1.54) is 0 Å². The molecule has 0 aliphatic rings. The number of nitriles is 1. The van der Waals surface area contributed by atoms with Gasteiger partial charge in [0, 0.05) is 15.8 Å². The quantitative estimate of drug-likeness (QED) is 0.903. The number of amides is 1. The van der Waals surface area contributed by atoms with E-state index >= 15 is 0 Å². The van der Waals surface area contributed by atoms with Gasteiger partial charge >= 0.3 is 0 Å². The lowest BCUT2D eigenvalue weighted by atomic mass is 10.2. The molecule has 0 radical (unpaired) electrons. The van der Waals surface area contributed by atoms with E-state index in [1.807, 2.05) is 30.3 Å². The Bertz CT molecular complexity index is 647. The molecule has 2 rings (SSSR count). The van der Waals surface area contributed by atoms with Crippen LogP contribution in [0.2, 0.25) is 0 Å². The van der Waals surface area contributed by atoms with Crippen LogP contribution >= 0.6 is 15.9 Å². The molecule has 0 bridgehead atoms. The minimum absolute atomic E-state index is 0.132. The number of anilines is 2. The summed E-state index contributed by atoms with van der Waals surface area (Å²) in [7, 11) is 0. The number of carbonyl (C=O) groups excluding carboxylic acids is 1. The maximum absolute atomic E-state index is 11.8. The number of nitrogens with one attached hydrogen (secondary N) is 2. The molecule has 2 aromatic carbocycles. The molecule has 2 N–H and O–H groups in total. The van der Waals surface area contributed by atoms with Gasteiger partial charge in [0.15, 0.2) is 0 Å². The highest BCUT2D eigenvalue weighted by Gasteiger charge is 2.02. The summed E-state index contributed by atoms with van der Waals surface area (Å²) in [5, 5.41) is 14.5. The smallest absolute Gasteiger partial charge is 0.243 e. The van der Waals surface area contributed by atoms with Crippen LogP contribution in [0.4, 0.5) is 11.4 Å². The van der Waals surface area contributed by atoms with Crippen molar-refractivity contribution in [2.75, 3.05) is 17.2 Å². The molecule has 0 saturated carbocycles. The predicted octanol–water partition coefficient (Wildman–Crippen LogP) is 3.37. The molecule has 0 unspecified atom stereocenters. The first kappa shape index (κ1) is 14.1. The van der Waals surface area contributed by atoms with Crippen molar-refractivity contribution in [3.8, 4) is 6.07 Å². The van der Waals surface area contributed by atoms with Crippen LogP contribution in [0.25, 0.3) is 0 Å². The van der Waals surface area contributed by atoms with Gasteiger partial charge < -0.3 is 10.6 Å². The number of nitrogens with zero attached hydrogens (tertiary/aromatic N) is 1. The second-order valence-corrected chi connectivity index (χ2v) is 5.02. The molecule has 0 aliphatic carbocycles. The predicted molar refractivity (Wildman–Crippen MR) is 82.4 cm³/mol. The van der Waals surface area contributed by atoms with Gasteiger partial charge in [-0.25, -0.2) is 0 Å². The topological polar surface area (TPSA) is 64.9 Å². The van der Waals surface area contributed by atoms with E-state index < -0.39 is 0 Å². The normalized spacial score (nSPS) is 9.60. The number of hydrogen-bond acceptors (Lipinski definition) is 3. The Balaban J connectivity index is 1.87. The summed E-state index contributed by atoms with van der Waals surface area (Å²) in [5.41, 5.74) is 2.13. The van der Waals surface area contributed by atoms with Crippen molar-refractivity contribution in [3.05, 3.63) is 58.6 Å². The minimum atomic E-state index is -0.132. The molecule has 100 valence electrons. The fourth-order valence-corrected chi connectivity index (χ4v) is 2.02. The molecule has 20 heavy (non-hydrogen) atoms. The molecule has 0 atom stereocenters. The first-order valence-corrected chi connectivity index (χ1v) is 6.76. The van der Waals surface area contributed by atoms with Crippen molar-refractivity contribution in [1.29, 1.82) is 5.26 Å². The average Bonchev–Trinajstić information content (AvgIpc) is 2.46. The Labute approximate surface area is 125 Å². The Morgan fingerprint density at radius 1 is 1.15 bits per heavy atom. The van der Waals surface area contributed by atoms with Gasteiger partial charge in [-0.2, -0.15) is 5.26 Å². The van der Waals surface area contributed by atoms with Crippen molar-refractivity contribution >= 4 is 33.2 Å². The molecule has 0 aromatic heterocycles. The number of carbonyl (C=O) groups is 1. The van der Waals surface area contributed by atoms with Crippen LogP contribution in [0, 0.1) is 11.3 Å². The lowest BCUT2D eigenvalue weighted by Crippen LogP contribution is -2.21. The van der Waals surface area contributed by atoms with E-state index in [0.29, 0.717) is 5.56 Å². The zero-order chi connectivity index (χ0) is 14.4. The van der Waals surface area contributed by atoms with Crippen molar-refractivity contribution in [3.63, 3.8) is 0 Å². The van der Waals surface area contributed by atoms with Crippen LogP contribution in [-0.4, -0.2) is 12.5 Å². The van der Waals surface area contributed by atoms with Crippen LogP contribution in [0.3, 0.4) is 0 Å². The van der Waals surface area contributed by atoms with Crippen molar-refractivity contribution in [1.82, 2.24) is 0 Å². The van der Waals surface area contributed by atoms with E-state index in [1.54, 1.807) is 24.3 Å². The third-order valence-electron chi connectivity index (χ3n) is 2.58. The molecular weight excluding hydrogens is 318 g/mol. The molecule has 2 aromatic rings. The van der Waals surface area contributed by atoms with E-state index in [-0.39, 0.29) is 12.5 Å². The molecule has 1 amide bonds. The first-order chi connectivity index (χ1) is 9.67. The number of hydrogen-bond donors (Lipinski definition) is 2. The summed E-state index contributed by atoms with van der Waals surface area (Å²) in [5.74, 6) is -0.132. The van der Waals surface area contributed by atoms with E-state index in [4.69, 9.17) is 5.26 Å². The first-order valence-electron chi connectivity index (χ1n) is 5.97. The molecule has 5 heteroatoms. The second-order valence-electron chi connectivity index (χ2n) is 4.10. The number of rotatable bonds is 4. The zero-order valence-electron chi connectivity index (χ0n) is 10.6. The lowest BCUT2D eigenvalue weighted by Gasteiger charge is -2.08. The lowest BCUT2D eigenvalue weighted by molar-refractivity contribution is -0.114. The highest BCUT2D eigenvalue weighted by molar-refractivity contribution is 9.10. The van der Waals surface area contributed by atoms with Crippen LogP contribution < -0.4 is 10.6 Å². The fourth-order valence-electron chi connectivity index (χ4n) is 1.62. The van der Waals surface area contributed by atoms with Gasteiger partial charge in [0.2, 0.25) is 5.91 Å². The standard InChI is InChI=1S/C15H12BrN3O/c16-12-2-1-3-14(8-12)19-15(20)10-18-13-6-4-11(9-17)5-7-13/h1-8,18H,10H2,(H,19,20). The Morgan fingerprint density at radius 2 is 1.90 bits per heavy atom. The number of benzene rings is 2. The molecule has 0 fully saturated rings. The van der Waals surface area contributed by atoms with E-state index in [0.717, 1.165) is 15.8 Å².